The zero-order chi connectivity index (χ0) is 28.3. The van der Waals surface area contributed by atoms with E-state index >= 15 is 0 Å². The number of aromatic carboxylic acids is 1. The maximum Gasteiger partial charge on any atom is 0.335 e. The van der Waals surface area contributed by atoms with Crippen molar-refractivity contribution in [3.8, 4) is 11.4 Å². The van der Waals surface area contributed by atoms with Crippen LogP contribution >= 0.6 is 11.8 Å². The Kier molecular flexibility index (Phi) is 7.18. The highest BCUT2D eigenvalue weighted by Gasteiger charge is 2.33. The first kappa shape index (κ1) is 26.2. The lowest BCUT2D eigenvalue weighted by Gasteiger charge is -2.15. The molecule has 0 radical (unpaired) electrons. The standard InChI is InChI=1S/C32H26N4O4S/c1-40-26-14-10-23(11-15-26)34-32-36(18-16-22-20-33-28-7-3-2-6-27(22)28)30(37)29(41-32)19-25-5-4-17-35(25)24-12-8-21(9-13-24)31(38)39/h2-15,17,19-20,33H,16,18H2,1H3,(H,38,39)/b29-19-,34-32?. The second-order valence-corrected chi connectivity index (χ2v) is 10.4. The Balaban J connectivity index is 1.32. The molecule has 0 spiro atoms. The van der Waals surface area contributed by atoms with Crippen LogP contribution in [0.1, 0.15) is 21.6 Å². The number of ether oxygens (including phenoxy) is 1. The lowest BCUT2D eigenvalue weighted by molar-refractivity contribution is -0.122. The van der Waals surface area contributed by atoms with Gasteiger partial charge in [-0.15, -0.1) is 0 Å². The number of aromatic nitrogens is 2. The van der Waals surface area contributed by atoms with Gasteiger partial charge in [-0.1, -0.05) is 18.2 Å². The minimum absolute atomic E-state index is 0.115. The maximum absolute atomic E-state index is 13.8. The smallest absolute Gasteiger partial charge is 0.335 e. The highest BCUT2D eigenvalue weighted by Crippen LogP contribution is 2.35. The number of methoxy groups -OCH3 is 1. The molecule has 41 heavy (non-hydrogen) atoms. The van der Waals surface area contributed by atoms with Crippen molar-refractivity contribution in [1.82, 2.24) is 14.5 Å². The number of nitrogens with zero attached hydrogens (tertiary/aromatic N) is 3. The molecule has 3 aromatic carbocycles. The fourth-order valence-electron chi connectivity index (χ4n) is 4.77. The number of H-pyrrole nitrogens is 1. The van der Waals surface area contributed by atoms with Crippen molar-refractivity contribution < 1.29 is 19.4 Å². The molecule has 0 bridgehead atoms. The number of amidine groups is 1. The largest absolute Gasteiger partial charge is 0.497 e. The van der Waals surface area contributed by atoms with E-state index in [0.717, 1.165) is 39.3 Å². The van der Waals surface area contributed by atoms with E-state index in [4.69, 9.17) is 9.73 Å². The summed E-state index contributed by atoms with van der Waals surface area (Å²) in [6.45, 7) is 0.470. The number of hydrogen-bond donors (Lipinski definition) is 2. The first-order valence-corrected chi connectivity index (χ1v) is 13.8. The number of aromatic amines is 1. The van der Waals surface area contributed by atoms with Crippen molar-refractivity contribution in [1.29, 1.82) is 0 Å². The first-order chi connectivity index (χ1) is 20.0. The summed E-state index contributed by atoms with van der Waals surface area (Å²) in [6.07, 6.45) is 6.40. The molecule has 1 aliphatic heterocycles. The minimum atomic E-state index is -0.976. The van der Waals surface area contributed by atoms with Crippen molar-refractivity contribution in [2.24, 2.45) is 4.99 Å². The SMILES string of the molecule is COc1ccc(N=C2S/C(=C\c3cccn3-c3ccc(C(=O)O)cc3)C(=O)N2CCc2c[nH]c3ccccc23)cc1. The Labute approximate surface area is 240 Å². The van der Waals surface area contributed by atoms with Crippen molar-refractivity contribution >= 4 is 51.5 Å². The molecule has 204 valence electrons. The van der Waals surface area contributed by atoms with Gasteiger partial charge in [0, 0.05) is 41.2 Å². The molecule has 2 aromatic heterocycles. The number of thioether (sulfide) groups is 1. The number of carboxylic acids is 1. The molecule has 0 unspecified atom stereocenters. The van der Waals surface area contributed by atoms with Gasteiger partial charge in [-0.3, -0.25) is 9.69 Å². The number of hydrogen-bond acceptors (Lipinski definition) is 5. The Hall–Kier alpha value is -5.02. The van der Waals surface area contributed by atoms with Gasteiger partial charge in [0.1, 0.15) is 5.75 Å². The predicted octanol–water partition coefficient (Wildman–Crippen LogP) is 6.51. The fourth-order valence-corrected chi connectivity index (χ4v) is 5.78. The van der Waals surface area contributed by atoms with E-state index in [1.165, 1.54) is 11.8 Å². The normalized spacial score (nSPS) is 15.3. The van der Waals surface area contributed by atoms with E-state index in [1.54, 1.807) is 36.3 Å². The van der Waals surface area contributed by atoms with Gasteiger partial charge in [-0.05, 0) is 96.6 Å². The van der Waals surface area contributed by atoms with Crippen molar-refractivity contribution in [3.63, 3.8) is 0 Å². The predicted molar refractivity (Wildman–Crippen MR) is 162 cm³/mol. The zero-order valence-corrected chi connectivity index (χ0v) is 23.0. The Morgan fingerprint density at radius 1 is 1.02 bits per heavy atom. The van der Waals surface area contributed by atoms with Crippen LogP contribution in [0.4, 0.5) is 5.69 Å². The number of carbonyl (C=O) groups excluding carboxylic acids is 1. The van der Waals surface area contributed by atoms with Crippen molar-refractivity contribution in [2.75, 3.05) is 13.7 Å². The molecule has 1 amide bonds. The Morgan fingerprint density at radius 3 is 2.56 bits per heavy atom. The Morgan fingerprint density at radius 2 is 1.80 bits per heavy atom. The van der Waals surface area contributed by atoms with Crippen LogP contribution in [0.3, 0.4) is 0 Å². The molecule has 8 nitrogen and oxygen atoms in total. The van der Waals surface area contributed by atoms with Crippen molar-refractivity contribution in [2.45, 2.75) is 6.42 Å². The van der Waals surface area contributed by atoms with Gasteiger partial charge in [0.15, 0.2) is 5.17 Å². The number of amides is 1. The molecule has 1 saturated heterocycles. The molecule has 2 N–H and O–H groups in total. The molecule has 3 heterocycles. The summed E-state index contributed by atoms with van der Waals surface area (Å²) in [5, 5.41) is 11.0. The average Bonchev–Trinajstić information content (AvgIpc) is 3.71. The summed E-state index contributed by atoms with van der Waals surface area (Å²) >= 11 is 1.34. The first-order valence-electron chi connectivity index (χ1n) is 13.0. The molecule has 1 fully saturated rings. The second-order valence-electron chi connectivity index (χ2n) is 9.42. The minimum Gasteiger partial charge on any atom is -0.497 e. The summed E-state index contributed by atoms with van der Waals surface area (Å²) in [5.41, 5.74) is 4.73. The fraction of sp³-hybridized carbons (Fsp3) is 0.0938. The summed E-state index contributed by atoms with van der Waals surface area (Å²) < 4.78 is 7.19. The third-order valence-electron chi connectivity index (χ3n) is 6.92. The maximum atomic E-state index is 13.8. The van der Waals surface area contributed by atoms with E-state index < -0.39 is 5.97 Å². The molecule has 0 saturated carbocycles. The molecule has 6 rings (SSSR count). The number of fused-ring (bicyclic) bond motifs is 1. The van der Waals surface area contributed by atoms with Crippen LogP contribution < -0.4 is 4.74 Å². The number of carboxylic acid groups (broad SMARTS) is 1. The zero-order valence-electron chi connectivity index (χ0n) is 22.2. The van der Waals surface area contributed by atoms with Crippen LogP contribution in [0.25, 0.3) is 22.7 Å². The third-order valence-corrected chi connectivity index (χ3v) is 7.92. The van der Waals surface area contributed by atoms with E-state index in [0.29, 0.717) is 23.0 Å². The van der Waals surface area contributed by atoms with E-state index in [1.807, 2.05) is 77.6 Å². The van der Waals surface area contributed by atoms with Crippen LogP contribution in [0.2, 0.25) is 0 Å². The van der Waals surface area contributed by atoms with Crippen LogP contribution in [0, 0.1) is 0 Å². The van der Waals surface area contributed by atoms with Crippen LogP contribution in [-0.2, 0) is 11.2 Å². The van der Waals surface area contributed by atoms with Gasteiger partial charge in [0.05, 0.1) is 23.3 Å². The molecule has 9 heteroatoms. The number of aliphatic imine (C=N–C) groups is 1. The van der Waals surface area contributed by atoms with Gasteiger partial charge >= 0.3 is 5.97 Å². The number of nitrogens with one attached hydrogen (secondary N) is 1. The molecule has 1 aliphatic rings. The number of rotatable bonds is 8. The highest BCUT2D eigenvalue weighted by atomic mass is 32.2. The average molecular weight is 563 g/mol. The lowest BCUT2D eigenvalue weighted by Crippen LogP contribution is -2.31. The van der Waals surface area contributed by atoms with Gasteiger partial charge in [0.25, 0.3) is 5.91 Å². The quantitative estimate of drug-likeness (QED) is 0.210. The van der Waals surface area contributed by atoms with Gasteiger partial charge in [-0.2, -0.15) is 0 Å². The number of carbonyl (C=O) groups is 2. The summed E-state index contributed by atoms with van der Waals surface area (Å²) in [7, 11) is 1.62. The van der Waals surface area contributed by atoms with Gasteiger partial charge in [-0.25, -0.2) is 9.79 Å². The van der Waals surface area contributed by atoms with Crippen LogP contribution in [-0.4, -0.2) is 50.3 Å². The van der Waals surface area contributed by atoms with Crippen LogP contribution in [0.15, 0.2) is 107 Å². The lowest BCUT2D eigenvalue weighted by atomic mass is 10.1. The van der Waals surface area contributed by atoms with Crippen molar-refractivity contribution in [3.05, 3.63) is 119 Å². The number of para-hydroxylation sites is 1. The van der Waals surface area contributed by atoms with Crippen LogP contribution in [0.5, 0.6) is 5.75 Å². The molecular weight excluding hydrogens is 536 g/mol. The summed E-state index contributed by atoms with van der Waals surface area (Å²) in [4.78, 5) is 35.5. The van der Waals surface area contributed by atoms with Gasteiger partial charge in [0.2, 0.25) is 0 Å². The van der Waals surface area contributed by atoms with E-state index in [2.05, 4.69) is 11.1 Å². The summed E-state index contributed by atoms with van der Waals surface area (Å²) in [5.74, 6) is -0.357. The summed E-state index contributed by atoms with van der Waals surface area (Å²) in [6, 6.07) is 26.0. The van der Waals surface area contributed by atoms with E-state index in [9.17, 15) is 14.7 Å². The molecule has 5 aromatic rings. The topological polar surface area (TPSA) is 99.9 Å². The van der Waals surface area contributed by atoms with E-state index in [-0.39, 0.29) is 11.5 Å². The second kappa shape index (κ2) is 11.2. The number of benzene rings is 3. The highest BCUT2D eigenvalue weighted by molar-refractivity contribution is 8.18. The molecule has 0 aliphatic carbocycles. The third kappa shape index (κ3) is 5.39. The molecule has 0 atom stereocenters. The monoisotopic (exact) mass is 562 g/mol. The Bertz CT molecular complexity index is 1800. The van der Waals surface area contributed by atoms with Gasteiger partial charge < -0.3 is 19.4 Å². The molecular formula is C32H26N4O4S.